The molecular weight excluding hydrogens is 352 g/mol. The van der Waals surface area contributed by atoms with Gasteiger partial charge in [0.1, 0.15) is 0 Å². The molecule has 1 heterocycles. The summed E-state index contributed by atoms with van der Waals surface area (Å²) in [7, 11) is -1.21. The van der Waals surface area contributed by atoms with Crippen LogP contribution in [-0.4, -0.2) is 39.5 Å². The van der Waals surface area contributed by atoms with Crippen molar-refractivity contribution in [1.82, 2.24) is 4.47 Å². The fourth-order valence-corrected chi connectivity index (χ4v) is 4.15. The lowest BCUT2D eigenvalue weighted by atomic mass is 9.99. The summed E-state index contributed by atoms with van der Waals surface area (Å²) in [5, 5.41) is 0. The minimum Gasteiger partial charge on any atom is -0.308 e. The molecule has 0 bridgehead atoms. The summed E-state index contributed by atoms with van der Waals surface area (Å²) in [5.41, 5.74) is 3.54. The first-order valence-electron chi connectivity index (χ1n) is 8.39. The maximum Gasteiger partial charge on any atom is 0.264 e. The maximum absolute atomic E-state index is 13.1. The Morgan fingerprint density at radius 1 is 1.19 bits per heavy atom. The number of carbonyl (C=O) groups is 1. The van der Waals surface area contributed by atoms with Gasteiger partial charge in [0, 0.05) is 24.8 Å². The quantitative estimate of drug-likeness (QED) is 0.772. The van der Waals surface area contributed by atoms with Gasteiger partial charge in [-0.2, -0.15) is 0 Å². The molecule has 0 aliphatic carbocycles. The molecule has 0 atom stereocenters. The lowest BCUT2D eigenvalue weighted by Crippen LogP contribution is -2.35. The van der Waals surface area contributed by atoms with Gasteiger partial charge < -0.3 is 4.90 Å². The Kier molecular flexibility index (Phi) is 5.13. The molecule has 1 aliphatic rings. The van der Waals surface area contributed by atoms with Crippen LogP contribution in [0, 0.1) is 6.92 Å². The van der Waals surface area contributed by atoms with E-state index in [2.05, 4.69) is 6.07 Å². The lowest BCUT2D eigenvalue weighted by Gasteiger charge is -2.30. The third kappa shape index (κ3) is 3.38. The fourth-order valence-electron chi connectivity index (χ4n) is 3.13. The van der Waals surface area contributed by atoms with Crippen LogP contribution in [-0.2, 0) is 21.3 Å². The molecule has 0 unspecified atom stereocenters. The normalized spacial score (nSPS) is 14.4. The molecule has 0 radical (unpaired) electrons. The summed E-state index contributed by atoms with van der Waals surface area (Å²) in [6.07, 6.45) is 1.82. The summed E-state index contributed by atoms with van der Waals surface area (Å²) in [5.74, 6) is -0.202. The van der Waals surface area contributed by atoms with Crippen LogP contribution in [0.15, 0.2) is 47.4 Å². The van der Waals surface area contributed by atoms with Crippen LogP contribution in [0.5, 0.6) is 0 Å². The van der Waals surface area contributed by atoms with E-state index in [1.165, 1.54) is 26.3 Å². The zero-order chi connectivity index (χ0) is 18.9. The molecule has 2 aromatic carbocycles. The van der Waals surface area contributed by atoms with Gasteiger partial charge in [-0.3, -0.25) is 9.63 Å². The largest absolute Gasteiger partial charge is 0.308 e. The van der Waals surface area contributed by atoms with Crippen molar-refractivity contribution in [3.63, 3.8) is 0 Å². The van der Waals surface area contributed by atoms with E-state index in [1.807, 2.05) is 19.1 Å². The molecule has 7 heteroatoms. The number of anilines is 1. The third-order valence-corrected chi connectivity index (χ3v) is 6.25. The van der Waals surface area contributed by atoms with Crippen molar-refractivity contribution in [1.29, 1.82) is 0 Å². The van der Waals surface area contributed by atoms with Crippen molar-refractivity contribution in [2.24, 2.45) is 0 Å². The second-order valence-corrected chi connectivity index (χ2v) is 8.25. The zero-order valence-corrected chi connectivity index (χ0v) is 15.9. The van der Waals surface area contributed by atoms with E-state index in [1.54, 1.807) is 17.0 Å². The number of fused-ring (bicyclic) bond motifs is 1. The average molecular weight is 374 g/mol. The molecule has 0 saturated carbocycles. The average Bonchev–Trinajstić information content (AvgIpc) is 2.66. The molecular formula is C19H22N2O4S. The monoisotopic (exact) mass is 374 g/mol. The second kappa shape index (κ2) is 7.19. The number of hydrogen-bond donors (Lipinski definition) is 0. The smallest absolute Gasteiger partial charge is 0.264 e. The standard InChI is InChI=1S/C19H22N2O4S/c1-14-9-10-18-15(12-14)7-5-11-21(18)19(22)16-6-4-8-17(13-16)26(23,24)20(2)25-3/h4,6,8-10,12-13H,5,7,11H2,1-3H3. The molecule has 0 fully saturated rings. The van der Waals surface area contributed by atoms with Crippen LogP contribution >= 0.6 is 0 Å². The van der Waals surface area contributed by atoms with Gasteiger partial charge in [0.2, 0.25) is 0 Å². The van der Waals surface area contributed by atoms with E-state index in [0.29, 0.717) is 12.1 Å². The molecule has 0 spiro atoms. The van der Waals surface area contributed by atoms with Crippen molar-refractivity contribution < 1.29 is 18.0 Å². The lowest BCUT2D eigenvalue weighted by molar-refractivity contribution is -0.0258. The molecule has 6 nitrogen and oxygen atoms in total. The number of hydrogen-bond acceptors (Lipinski definition) is 4. The molecule has 1 aliphatic heterocycles. The van der Waals surface area contributed by atoms with Crippen LogP contribution in [0.2, 0.25) is 0 Å². The van der Waals surface area contributed by atoms with E-state index in [-0.39, 0.29) is 10.8 Å². The first-order chi connectivity index (χ1) is 12.3. The Hall–Kier alpha value is -2.22. The summed E-state index contributed by atoms with van der Waals surface area (Å²) in [6.45, 7) is 2.64. The molecule has 0 saturated heterocycles. The highest BCUT2D eigenvalue weighted by Gasteiger charge is 2.26. The topological polar surface area (TPSA) is 66.9 Å². The van der Waals surface area contributed by atoms with E-state index < -0.39 is 10.0 Å². The number of amides is 1. The molecule has 2 aromatic rings. The number of rotatable bonds is 4. The van der Waals surface area contributed by atoms with Gasteiger partial charge in [0.15, 0.2) is 0 Å². The third-order valence-electron chi connectivity index (χ3n) is 4.57. The minimum absolute atomic E-state index is 0.0221. The van der Waals surface area contributed by atoms with Gasteiger partial charge in [0.25, 0.3) is 15.9 Å². The van der Waals surface area contributed by atoms with Crippen molar-refractivity contribution in [2.75, 3.05) is 25.6 Å². The molecule has 0 N–H and O–H groups in total. The summed E-state index contributed by atoms with van der Waals surface area (Å²) >= 11 is 0. The Bertz CT molecular complexity index is 940. The summed E-state index contributed by atoms with van der Waals surface area (Å²) in [6, 6.07) is 12.1. The Morgan fingerprint density at radius 3 is 2.69 bits per heavy atom. The number of hydroxylamine groups is 1. The van der Waals surface area contributed by atoms with Gasteiger partial charge in [-0.1, -0.05) is 28.2 Å². The van der Waals surface area contributed by atoms with Crippen LogP contribution in [0.1, 0.15) is 27.9 Å². The van der Waals surface area contributed by atoms with E-state index in [4.69, 9.17) is 4.84 Å². The van der Waals surface area contributed by atoms with Gasteiger partial charge >= 0.3 is 0 Å². The molecule has 3 rings (SSSR count). The van der Waals surface area contributed by atoms with Crippen LogP contribution in [0.3, 0.4) is 0 Å². The van der Waals surface area contributed by atoms with E-state index >= 15 is 0 Å². The van der Waals surface area contributed by atoms with Crippen molar-refractivity contribution >= 4 is 21.6 Å². The Balaban J connectivity index is 1.97. The minimum atomic E-state index is -3.80. The van der Waals surface area contributed by atoms with Gasteiger partial charge in [-0.05, 0) is 49.6 Å². The van der Waals surface area contributed by atoms with E-state index in [0.717, 1.165) is 34.1 Å². The first-order valence-corrected chi connectivity index (χ1v) is 9.83. The number of benzene rings is 2. The zero-order valence-electron chi connectivity index (χ0n) is 15.1. The summed E-state index contributed by atoms with van der Waals surface area (Å²) < 4.78 is 25.6. The fraction of sp³-hybridized carbons (Fsp3) is 0.316. The SMILES string of the molecule is CON(C)S(=O)(=O)c1cccc(C(=O)N2CCCc3cc(C)ccc32)c1. The number of nitrogens with zero attached hydrogens (tertiary/aromatic N) is 2. The predicted molar refractivity (Wildman–Crippen MR) is 99.6 cm³/mol. The predicted octanol–water partition coefficient (Wildman–Crippen LogP) is 2.77. The number of aryl methyl sites for hydroxylation is 2. The second-order valence-electron chi connectivity index (χ2n) is 6.32. The summed E-state index contributed by atoms with van der Waals surface area (Å²) in [4.78, 5) is 19.6. The van der Waals surface area contributed by atoms with Crippen LogP contribution in [0.25, 0.3) is 0 Å². The molecule has 1 amide bonds. The van der Waals surface area contributed by atoms with E-state index in [9.17, 15) is 13.2 Å². The highest BCUT2D eigenvalue weighted by molar-refractivity contribution is 7.89. The van der Waals surface area contributed by atoms with Gasteiger partial charge in [-0.15, -0.1) is 0 Å². The van der Waals surface area contributed by atoms with Gasteiger partial charge in [-0.25, -0.2) is 8.42 Å². The highest BCUT2D eigenvalue weighted by atomic mass is 32.2. The van der Waals surface area contributed by atoms with Crippen molar-refractivity contribution in [3.05, 3.63) is 59.2 Å². The molecule has 138 valence electrons. The highest BCUT2D eigenvalue weighted by Crippen LogP contribution is 2.29. The Labute approximate surface area is 154 Å². The first kappa shape index (κ1) is 18.6. The molecule has 26 heavy (non-hydrogen) atoms. The molecule has 0 aromatic heterocycles. The van der Waals surface area contributed by atoms with Gasteiger partial charge in [0.05, 0.1) is 12.0 Å². The van der Waals surface area contributed by atoms with Crippen LogP contribution < -0.4 is 4.90 Å². The maximum atomic E-state index is 13.1. The van der Waals surface area contributed by atoms with Crippen LogP contribution in [0.4, 0.5) is 5.69 Å². The van der Waals surface area contributed by atoms with Crippen molar-refractivity contribution in [2.45, 2.75) is 24.7 Å². The number of carbonyl (C=O) groups excluding carboxylic acids is 1. The van der Waals surface area contributed by atoms with Crippen molar-refractivity contribution in [3.8, 4) is 0 Å². The Morgan fingerprint density at radius 2 is 1.96 bits per heavy atom. The number of sulfonamides is 1.